The van der Waals surface area contributed by atoms with E-state index in [9.17, 15) is 29.5 Å². The molecule has 1 saturated carbocycles. The topological polar surface area (TPSA) is 225 Å². The van der Waals surface area contributed by atoms with E-state index < -0.39 is 17.6 Å². The van der Waals surface area contributed by atoms with Gasteiger partial charge in [-0.3, -0.25) is 9.59 Å². The average molecular weight is 765 g/mol. The van der Waals surface area contributed by atoms with Crippen molar-refractivity contribution in [3.8, 4) is 11.5 Å². The second kappa shape index (κ2) is 23.1. The quantitative estimate of drug-likeness (QED) is 0.0337. The summed E-state index contributed by atoms with van der Waals surface area (Å²) in [5.74, 6) is -0.920. The highest BCUT2D eigenvalue weighted by Gasteiger charge is 2.38. The lowest BCUT2D eigenvalue weighted by Crippen LogP contribution is -2.44. The van der Waals surface area contributed by atoms with Crippen LogP contribution in [0.4, 0.5) is 16.2 Å². The zero-order chi connectivity index (χ0) is 35.1. The third kappa shape index (κ3) is 12.1. The smallest absolute Gasteiger partial charge is 0.340 e. The first-order valence-corrected chi connectivity index (χ1v) is 16.6. The number of amides is 2. The molecule has 2 amide bonds. The molecule has 0 aromatic heterocycles. The Kier molecular flexibility index (Phi) is 20.6. The van der Waals surface area contributed by atoms with Gasteiger partial charge in [-0.25, -0.2) is 4.79 Å². The van der Waals surface area contributed by atoms with Gasteiger partial charge in [-0.15, -0.1) is 41.3 Å². The summed E-state index contributed by atoms with van der Waals surface area (Å²) in [6.07, 6.45) is 4.19. The number of nitrogens with zero attached hydrogens (tertiary/aromatic N) is 2. The van der Waals surface area contributed by atoms with E-state index in [-0.39, 0.29) is 90.2 Å². The lowest BCUT2D eigenvalue weighted by molar-refractivity contribution is 0.0975. The number of fused-ring (bicyclic) bond motifs is 2. The van der Waals surface area contributed by atoms with E-state index in [4.69, 9.17) is 21.8 Å². The van der Waals surface area contributed by atoms with Crippen molar-refractivity contribution in [1.29, 1.82) is 0 Å². The number of halogens is 3. The number of hydrogen-bond acceptors (Lipinski definition) is 13. The van der Waals surface area contributed by atoms with Crippen LogP contribution in [0.2, 0.25) is 0 Å². The number of carbonyl (C=O) groups excluding carboxylic acids is 3. The largest absolute Gasteiger partial charge is 0.507 e. The van der Waals surface area contributed by atoms with E-state index in [1.54, 1.807) is 12.1 Å². The number of rotatable bonds is 16. The summed E-state index contributed by atoms with van der Waals surface area (Å²) in [6, 6.07) is 5.48. The fraction of sp³-hybridized carbons (Fsp3) is 0.531. The van der Waals surface area contributed by atoms with Gasteiger partial charge in [0.25, 0.3) is 0 Å². The van der Waals surface area contributed by atoms with Gasteiger partial charge in [0.05, 0.1) is 47.3 Å². The van der Waals surface area contributed by atoms with Crippen LogP contribution in [-0.4, -0.2) is 114 Å². The highest BCUT2D eigenvalue weighted by Crippen LogP contribution is 2.42. The molecule has 18 heteroatoms. The predicted octanol–water partition coefficient (Wildman–Crippen LogP) is 3.20. The van der Waals surface area contributed by atoms with E-state index in [0.717, 1.165) is 36.6 Å². The number of nitroso groups, excluding NO2 is 1. The number of aliphatic hydroxyl groups excluding tert-OH is 2. The number of hydrogen-bond donors (Lipinski definition) is 9. The first kappa shape index (κ1) is 44.6. The highest BCUT2D eigenvalue weighted by molar-refractivity contribution is 6.33. The molecule has 2 aromatic carbocycles. The fourth-order valence-electron chi connectivity index (χ4n) is 5.55. The number of urea groups is 1. The molecule has 4 rings (SSSR count). The van der Waals surface area contributed by atoms with Crippen molar-refractivity contribution in [1.82, 2.24) is 21.0 Å². The number of benzene rings is 2. The fourth-order valence-corrected chi connectivity index (χ4v) is 5.71. The molecule has 2 aliphatic carbocycles. The van der Waals surface area contributed by atoms with Gasteiger partial charge in [0, 0.05) is 62.6 Å². The number of carbonyl (C=O) groups is 3. The molecule has 280 valence electrons. The Morgan fingerprint density at radius 2 is 1.24 bits per heavy atom. The zero-order valence-corrected chi connectivity index (χ0v) is 30.3. The van der Waals surface area contributed by atoms with Gasteiger partial charge in [0.15, 0.2) is 0 Å². The summed E-state index contributed by atoms with van der Waals surface area (Å²) in [6.45, 7) is 5.17. The van der Waals surface area contributed by atoms with Crippen LogP contribution in [0.1, 0.15) is 64.4 Å². The van der Waals surface area contributed by atoms with Crippen LogP contribution >= 0.6 is 36.4 Å². The van der Waals surface area contributed by atoms with Crippen molar-refractivity contribution in [2.45, 2.75) is 38.6 Å². The van der Waals surface area contributed by atoms with Crippen molar-refractivity contribution in [3.63, 3.8) is 0 Å². The number of aromatic hydroxyl groups is 2. The molecule has 0 unspecified atom stereocenters. The van der Waals surface area contributed by atoms with Crippen LogP contribution in [0.5, 0.6) is 11.5 Å². The molecule has 0 bridgehead atoms. The minimum Gasteiger partial charge on any atom is -0.507 e. The second-order valence-electron chi connectivity index (χ2n) is 11.5. The maximum absolute atomic E-state index is 13.4. The molecule has 15 nitrogen and oxygen atoms in total. The number of aliphatic hydroxyl groups is 2. The number of alkyl halides is 1. The minimum absolute atomic E-state index is 0. The van der Waals surface area contributed by atoms with E-state index in [1.807, 2.05) is 0 Å². The summed E-state index contributed by atoms with van der Waals surface area (Å²) in [7, 11) is 0. The van der Waals surface area contributed by atoms with Crippen LogP contribution in [0.25, 0.3) is 0 Å². The standard InChI is InChI=1S/C22H28N4O6.C10H18ClN3O2.2ClH/c27-11-9-23-5-7-25-13-1-2-14(26-8-6-24-10-12-28)18-17(13)21(31)19-15(29)3-4-16(30)20(19)22(18)32;1-8-2-4-9(5-3-8)12-10(15)14(13-16)7-6-11;;/h1-4,23-30H,5-12H2;8-9H,2-7H2,1H3,(H,12,15);2*1H. The minimum atomic E-state index is -0.559. The first-order valence-electron chi connectivity index (χ1n) is 16.1. The van der Waals surface area contributed by atoms with Gasteiger partial charge in [-0.2, -0.15) is 5.01 Å². The molecule has 0 aliphatic heterocycles. The molecule has 2 aromatic rings. The van der Waals surface area contributed by atoms with Gasteiger partial charge in [-0.1, -0.05) is 6.92 Å². The van der Waals surface area contributed by atoms with E-state index >= 15 is 0 Å². The van der Waals surface area contributed by atoms with Crippen LogP contribution < -0.4 is 26.6 Å². The molecule has 50 heavy (non-hydrogen) atoms. The van der Waals surface area contributed by atoms with E-state index in [1.165, 1.54) is 12.1 Å². The van der Waals surface area contributed by atoms with Gasteiger partial charge >= 0.3 is 6.03 Å². The van der Waals surface area contributed by atoms with Gasteiger partial charge in [0.1, 0.15) is 11.5 Å². The van der Waals surface area contributed by atoms with Gasteiger partial charge in [-0.05, 0) is 55.9 Å². The summed E-state index contributed by atoms with van der Waals surface area (Å²) in [4.78, 5) is 48.7. The maximum Gasteiger partial charge on any atom is 0.340 e. The lowest BCUT2D eigenvalue weighted by atomic mass is 9.81. The lowest BCUT2D eigenvalue weighted by Gasteiger charge is -2.27. The summed E-state index contributed by atoms with van der Waals surface area (Å²) in [5.41, 5.74) is 0.678. The van der Waals surface area contributed by atoms with Crippen molar-refractivity contribution >= 4 is 65.4 Å². The molecule has 9 N–H and O–H groups in total. The van der Waals surface area contributed by atoms with Crippen molar-refractivity contribution < 1.29 is 34.8 Å². The van der Waals surface area contributed by atoms with Crippen LogP contribution in [-0.2, 0) is 0 Å². The van der Waals surface area contributed by atoms with Gasteiger partial charge < -0.3 is 47.0 Å². The van der Waals surface area contributed by atoms with Crippen molar-refractivity contribution in [3.05, 3.63) is 51.4 Å². The number of phenols is 2. The number of ketones is 2. The Balaban J connectivity index is 0.000000590. The third-order valence-electron chi connectivity index (χ3n) is 8.06. The average Bonchev–Trinajstić information content (AvgIpc) is 3.08. The molecule has 0 radical (unpaired) electrons. The van der Waals surface area contributed by atoms with Crippen molar-refractivity contribution in [2.75, 3.05) is 75.5 Å². The number of anilines is 2. The Labute approximate surface area is 308 Å². The van der Waals surface area contributed by atoms with E-state index in [0.29, 0.717) is 50.6 Å². The number of nitrogens with one attached hydrogen (secondary N) is 5. The first-order chi connectivity index (χ1) is 23.2. The van der Waals surface area contributed by atoms with Crippen LogP contribution in [0.15, 0.2) is 29.6 Å². The third-order valence-corrected chi connectivity index (χ3v) is 8.23. The zero-order valence-electron chi connectivity index (χ0n) is 27.9. The maximum atomic E-state index is 13.4. The molecule has 0 spiro atoms. The molecule has 0 heterocycles. The van der Waals surface area contributed by atoms with E-state index in [2.05, 4.69) is 38.8 Å². The molecule has 2 aliphatic rings. The second-order valence-corrected chi connectivity index (χ2v) is 11.9. The molecular formula is C32H48Cl3N7O8. The normalized spacial score (nSPS) is 15.9. The highest BCUT2D eigenvalue weighted by atomic mass is 35.5. The molecule has 1 fully saturated rings. The Bertz CT molecular complexity index is 1340. The molecule has 0 saturated heterocycles. The monoisotopic (exact) mass is 763 g/mol. The van der Waals surface area contributed by atoms with Crippen molar-refractivity contribution in [2.24, 2.45) is 11.2 Å². The molecular weight excluding hydrogens is 717 g/mol. The Morgan fingerprint density at radius 3 is 1.64 bits per heavy atom. The summed E-state index contributed by atoms with van der Waals surface area (Å²) < 4.78 is 0. The Morgan fingerprint density at radius 1 is 0.780 bits per heavy atom. The predicted molar refractivity (Wildman–Crippen MR) is 198 cm³/mol. The SMILES string of the molecule is CC1CCC(NC(=O)N(CCCl)N=O)CC1.Cl.Cl.O=C1c2c(O)ccc(O)c2C(=O)c2c(NCCNCCO)ccc(NCCNCCO)c21. The van der Waals surface area contributed by atoms with Crippen LogP contribution in [0, 0.1) is 10.8 Å². The van der Waals surface area contributed by atoms with Crippen LogP contribution in [0.3, 0.4) is 0 Å². The number of phenolic OH excluding ortho intramolecular Hbond substituents is 2. The summed E-state index contributed by atoms with van der Waals surface area (Å²) >= 11 is 5.46. The van der Waals surface area contributed by atoms with Gasteiger partial charge in [0.2, 0.25) is 11.6 Å². The summed E-state index contributed by atoms with van der Waals surface area (Å²) in [5, 5.41) is 56.9. The Hall–Kier alpha value is -3.44. The molecule has 0 atom stereocenters.